The maximum Gasteiger partial charge on any atom is 0.261 e. The maximum absolute atomic E-state index is 12.1. The molecule has 0 spiro atoms. The van der Waals surface area contributed by atoms with Gasteiger partial charge in [0.25, 0.3) is 5.91 Å². The van der Waals surface area contributed by atoms with E-state index in [0.29, 0.717) is 29.6 Å². The van der Waals surface area contributed by atoms with Gasteiger partial charge in [-0.25, -0.2) is 0 Å². The molecule has 1 unspecified atom stereocenters. The van der Waals surface area contributed by atoms with E-state index in [4.69, 9.17) is 13.6 Å². The summed E-state index contributed by atoms with van der Waals surface area (Å²) in [5.74, 6) is 2.39. The van der Waals surface area contributed by atoms with Crippen LogP contribution in [0, 0.1) is 0 Å². The zero-order valence-electron chi connectivity index (χ0n) is 12.7. The third-order valence-corrected chi connectivity index (χ3v) is 3.29. The normalized spacial score (nSPS) is 11.9. The molecular weight excluding hydrogens is 294 g/mol. The summed E-state index contributed by atoms with van der Waals surface area (Å²) < 4.78 is 16.5. The van der Waals surface area contributed by atoms with E-state index in [9.17, 15) is 4.79 Å². The van der Waals surface area contributed by atoms with E-state index >= 15 is 0 Å². The van der Waals surface area contributed by atoms with Gasteiger partial charge in [0.1, 0.15) is 11.5 Å². The van der Waals surface area contributed by atoms with E-state index in [-0.39, 0.29) is 5.91 Å². The third kappa shape index (κ3) is 3.83. The maximum atomic E-state index is 12.1. The van der Waals surface area contributed by atoms with Crippen molar-refractivity contribution >= 4 is 5.91 Å². The molecule has 0 aliphatic rings. The quantitative estimate of drug-likeness (QED) is 0.755. The van der Waals surface area contributed by atoms with Crippen LogP contribution in [-0.4, -0.2) is 12.0 Å². The highest BCUT2D eigenvalue weighted by Gasteiger charge is 2.15. The number of carbonyl (C=O) groups is 1. The van der Waals surface area contributed by atoms with E-state index < -0.39 is 6.10 Å². The predicted molar refractivity (Wildman–Crippen MR) is 84.8 cm³/mol. The number of hydrogen-bond donors (Lipinski definition) is 1. The first kappa shape index (κ1) is 15.0. The van der Waals surface area contributed by atoms with Crippen LogP contribution in [0.25, 0.3) is 11.5 Å². The van der Waals surface area contributed by atoms with Gasteiger partial charge in [-0.05, 0) is 43.3 Å². The molecule has 2 aromatic heterocycles. The van der Waals surface area contributed by atoms with Crippen LogP contribution in [0.15, 0.2) is 69.7 Å². The first-order valence-corrected chi connectivity index (χ1v) is 7.34. The van der Waals surface area contributed by atoms with Gasteiger partial charge in [0.05, 0.1) is 12.8 Å². The second-order valence-electron chi connectivity index (χ2n) is 5.03. The van der Waals surface area contributed by atoms with Gasteiger partial charge in [0, 0.05) is 0 Å². The Kier molecular flexibility index (Phi) is 4.47. The molecule has 0 aliphatic carbocycles. The molecule has 3 aromatic rings. The Labute approximate surface area is 133 Å². The summed E-state index contributed by atoms with van der Waals surface area (Å²) in [5, 5.41) is 2.79. The van der Waals surface area contributed by atoms with Crippen molar-refractivity contribution in [1.82, 2.24) is 5.32 Å². The highest BCUT2D eigenvalue weighted by atomic mass is 16.5. The van der Waals surface area contributed by atoms with Gasteiger partial charge in [0.2, 0.25) is 0 Å². The summed E-state index contributed by atoms with van der Waals surface area (Å²) in [6.45, 7) is 2.00. The Balaban J connectivity index is 1.52. The topological polar surface area (TPSA) is 64.6 Å². The number of rotatable bonds is 6. The highest BCUT2D eigenvalue weighted by molar-refractivity contribution is 5.80. The van der Waals surface area contributed by atoms with E-state index in [2.05, 4.69) is 5.32 Å². The van der Waals surface area contributed by atoms with E-state index in [0.717, 1.165) is 0 Å². The van der Waals surface area contributed by atoms with Crippen LogP contribution in [0.2, 0.25) is 0 Å². The Morgan fingerprint density at radius 3 is 2.65 bits per heavy atom. The van der Waals surface area contributed by atoms with Gasteiger partial charge >= 0.3 is 0 Å². The average molecular weight is 311 g/mol. The number of furan rings is 2. The lowest BCUT2D eigenvalue weighted by molar-refractivity contribution is -0.127. The largest absolute Gasteiger partial charge is 0.481 e. The van der Waals surface area contributed by atoms with E-state index in [1.165, 1.54) is 0 Å². The molecule has 0 fully saturated rings. The van der Waals surface area contributed by atoms with Crippen LogP contribution >= 0.6 is 0 Å². The Bertz CT molecular complexity index is 746. The molecule has 1 aromatic carbocycles. The SMILES string of the molecule is CC(Oc1ccccc1)C(=O)NCc1ccc(-c2ccco2)o1. The third-order valence-electron chi connectivity index (χ3n) is 3.29. The van der Waals surface area contributed by atoms with Crippen molar-refractivity contribution in [3.8, 4) is 17.3 Å². The summed E-state index contributed by atoms with van der Waals surface area (Å²) in [6.07, 6.45) is 0.999. The van der Waals surface area contributed by atoms with E-state index in [1.807, 2.05) is 42.5 Å². The van der Waals surface area contributed by atoms with Gasteiger partial charge in [-0.2, -0.15) is 0 Å². The monoisotopic (exact) mass is 311 g/mol. The number of para-hydroxylation sites is 1. The fraction of sp³-hybridized carbons (Fsp3) is 0.167. The minimum absolute atomic E-state index is 0.204. The smallest absolute Gasteiger partial charge is 0.261 e. The number of carbonyl (C=O) groups excluding carboxylic acids is 1. The van der Waals surface area contributed by atoms with Crippen LogP contribution in [0.3, 0.4) is 0 Å². The molecule has 23 heavy (non-hydrogen) atoms. The second kappa shape index (κ2) is 6.87. The fourth-order valence-electron chi connectivity index (χ4n) is 2.10. The van der Waals surface area contributed by atoms with Gasteiger partial charge < -0.3 is 18.9 Å². The lowest BCUT2D eigenvalue weighted by Gasteiger charge is -2.14. The van der Waals surface area contributed by atoms with Crippen molar-refractivity contribution in [3.63, 3.8) is 0 Å². The predicted octanol–water partition coefficient (Wildman–Crippen LogP) is 3.62. The molecule has 0 aliphatic heterocycles. The van der Waals surface area contributed by atoms with Crippen LogP contribution in [-0.2, 0) is 11.3 Å². The van der Waals surface area contributed by atoms with Crippen LogP contribution in [0.4, 0.5) is 0 Å². The summed E-state index contributed by atoms with van der Waals surface area (Å²) in [6, 6.07) is 16.5. The summed E-state index contributed by atoms with van der Waals surface area (Å²) in [5.41, 5.74) is 0. The molecule has 1 amide bonds. The fourth-order valence-corrected chi connectivity index (χ4v) is 2.10. The molecule has 0 radical (unpaired) electrons. The Morgan fingerprint density at radius 1 is 1.09 bits per heavy atom. The summed E-state index contributed by atoms with van der Waals surface area (Å²) >= 11 is 0. The second-order valence-corrected chi connectivity index (χ2v) is 5.03. The molecule has 3 rings (SSSR count). The molecule has 2 heterocycles. The van der Waals surface area contributed by atoms with Crippen molar-refractivity contribution in [2.24, 2.45) is 0 Å². The van der Waals surface area contributed by atoms with Crippen molar-refractivity contribution in [1.29, 1.82) is 0 Å². The Hall–Kier alpha value is -2.95. The molecule has 0 saturated carbocycles. The molecular formula is C18H17NO4. The number of nitrogens with one attached hydrogen (secondary N) is 1. The molecule has 0 saturated heterocycles. The standard InChI is InChI=1S/C18H17NO4/c1-13(22-14-6-3-2-4-7-14)18(20)19-12-15-9-10-17(23-15)16-8-5-11-21-16/h2-11,13H,12H2,1H3,(H,19,20). The average Bonchev–Trinajstić information content (AvgIpc) is 3.24. The van der Waals surface area contributed by atoms with Crippen LogP contribution in [0.1, 0.15) is 12.7 Å². The molecule has 118 valence electrons. The summed E-state index contributed by atoms with van der Waals surface area (Å²) in [7, 11) is 0. The minimum Gasteiger partial charge on any atom is -0.481 e. The Morgan fingerprint density at radius 2 is 1.91 bits per heavy atom. The molecule has 0 bridgehead atoms. The molecule has 5 nitrogen and oxygen atoms in total. The zero-order chi connectivity index (χ0) is 16.1. The van der Waals surface area contributed by atoms with Gasteiger partial charge in [-0.15, -0.1) is 0 Å². The first-order valence-electron chi connectivity index (χ1n) is 7.34. The van der Waals surface area contributed by atoms with Crippen molar-refractivity contribution in [2.45, 2.75) is 19.6 Å². The summed E-state index contributed by atoms with van der Waals surface area (Å²) in [4.78, 5) is 12.1. The van der Waals surface area contributed by atoms with Gasteiger partial charge in [-0.1, -0.05) is 18.2 Å². The number of benzene rings is 1. The number of amides is 1. The first-order chi connectivity index (χ1) is 11.2. The number of hydrogen-bond acceptors (Lipinski definition) is 4. The lowest BCUT2D eigenvalue weighted by atomic mass is 10.3. The van der Waals surface area contributed by atoms with Crippen molar-refractivity contribution < 1.29 is 18.4 Å². The van der Waals surface area contributed by atoms with Crippen molar-refractivity contribution in [2.75, 3.05) is 0 Å². The molecule has 1 atom stereocenters. The highest BCUT2D eigenvalue weighted by Crippen LogP contribution is 2.22. The van der Waals surface area contributed by atoms with Crippen molar-refractivity contribution in [3.05, 3.63) is 66.6 Å². The van der Waals surface area contributed by atoms with Gasteiger partial charge in [0.15, 0.2) is 17.6 Å². The van der Waals surface area contributed by atoms with E-state index in [1.54, 1.807) is 25.3 Å². The van der Waals surface area contributed by atoms with Crippen LogP contribution in [0.5, 0.6) is 5.75 Å². The molecule has 1 N–H and O–H groups in total. The minimum atomic E-state index is -0.586. The lowest BCUT2D eigenvalue weighted by Crippen LogP contribution is -2.35. The number of ether oxygens (including phenoxy) is 1. The molecule has 5 heteroatoms. The zero-order valence-corrected chi connectivity index (χ0v) is 12.7. The van der Waals surface area contributed by atoms with Crippen LogP contribution < -0.4 is 10.1 Å². The van der Waals surface area contributed by atoms with Gasteiger partial charge in [-0.3, -0.25) is 4.79 Å².